The first-order valence-corrected chi connectivity index (χ1v) is 9.15. The lowest BCUT2D eigenvalue weighted by molar-refractivity contribution is -0.127. The standard InChI is InChI=1S/C21H21F3N2O2/c1-13(18-12-17(23)6-7-19(18)24)25-20(27)14-8-10-26(11-9-14)21(28)15-2-4-16(22)5-3-15/h2-7,12-14H,8-11H2,1H3,(H,25,27). The zero-order valence-electron chi connectivity index (χ0n) is 15.4. The molecular formula is C21H21F3N2O2. The van der Waals surface area contributed by atoms with E-state index in [4.69, 9.17) is 0 Å². The molecule has 148 valence electrons. The summed E-state index contributed by atoms with van der Waals surface area (Å²) in [6, 6.07) is 7.82. The molecule has 1 aliphatic rings. The summed E-state index contributed by atoms with van der Waals surface area (Å²) in [4.78, 5) is 26.6. The predicted octanol–water partition coefficient (Wildman–Crippen LogP) is 3.83. The first-order chi connectivity index (χ1) is 13.3. The minimum atomic E-state index is -0.665. The number of nitrogens with one attached hydrogen (secondary N) is 1. The molecule has 1 aliphatic heterocycles. The van der Waals surface area contributed by atoms with Crippen molar-refractivity contribution in [2.24, 2.45) is 5.92 Å². The maximum atomic E-state index is 13.9. The molecule has 2 aromatic rings. The van der Waals surface area contributed by atoms with E-state index < -0.39 is 23.5 Å². The molecule has 0 aromatic heterocycles. The van der Waals surface area contributed by atoms with Crippen molar-refractivity contribution in [3.63, 3.8) is 0 Å². The molecule has 3 rings (SSSR count). The van der Waals surface area contributed by atoms with Gasteiger partial charge in [-0.25, -0.2) is 13.2 Å². The monoisotopic (exact) mass is 390 g/mol. The van der Waals surface area contributed by atoms with Gasteiger partial charge in [0.1, 0.15) is 17.5 Å². The number of carbonyl (C=O) groups excluding carboxylic acids is 2. The van der Waals surface area contributed by atoms with Crippen molar-refractivity contribution in [1.29, 1.82) is 0 Å². The van der Waals surface area contributed by atoms with Gasteiger partial charge in [-0.3, -0.25) is 9.59 Å². The highest BCUT2D eigenvalue weighted by atomic mass is 19.1. The second-order valence-corrected chi connectivity index (χ2v) is 6.97. The van der Waals surface area contributed by atoms with Crippen molar-refractivity contribution in [2.45, 2.75) is 25.8 Å². The Bertz CT molecular complexity index is 862. The molecule has 0 saturated carbocycles. The van der Waals surface area contributed by atoms with Crippen LogP contribution in [0.5, 0.6) is 0 Å². The zero-order chi connectivity index (χ0) is 20.3. The number of likely N-dealkylation sites (tertiary alicyclic amines) is 1. The number of carbonyl (C=O) groups is 2. The van der Waals surface area contributed by atoms with Crippen LogP contribution in [-0.4, -0.2) is 29.8 Å². The molecular weight excluding hydrogens is 369 g/mol. The van der Waals surface area contributed by atoms with Crippen LogP contribution in [0.1, 0.15) is 41.7 Å². The molecule has 28 heavy (non-hydrogen) atoms. The van der Waals surface area contributed by atoms with E-state index in [9.17, 15) is 22.8 Å². The number of rotatable bonds is 4. The quantitative estimate of drug-likeness (QED) is 0.863. The Kier molecular flexibility index (Phi) is 6.02. The summed E-state index contributed by atoms with van der Waals surface area (Å²) in [5.41, 5.74) is 0.497. The highest BCUT2D eigenvalue weighted by Crippen LogP contribution is 2.22. The van der Waals surface area contributed by atoms with Crippen molar-refractivity contribution < 1.29 is 22.8 Å². The summed E-state index contributed by atoms with van der Waals surface area (Å²) in [6.07, 6.45) is 0.939. The Morgan fingerprint density at radius 1 is 1.00 bits per heavy atom. The minimum absolute atomic E-state index is 0.0947. The van der Waals surface area contributed by atoms with Crippen molar-refractivity contribution in [3.05, 3.63) is 71.0 Å². The van der Waals surface area contributed by atoms with Gasteiger partial charge in [0.2, 0.25) is 5.91 Å². The van der Waals surface area contributed by atoms with E-state index in [0.717, 1.165) is 18.2 Å². The summed E-state index contributed by atoms with van der Waals surface area (Å²) in [5.74, 6) is -2.30. The molecule has 2 aromatic carbocycles. The zero-order valence-corrected chi connectivity index (χ0v) is 15.4. The Labute approximate surface area is 161 Å². The molecule has 0 aliphatic carbocycles. The van der Waals surface area contributed by atoms with E-state index in [-0.39, 0.29) is 23.3 Å². The van der Waals surface area contributed by atoms with Crippen LogP contribution >= 0.6 is 0 Å². The van der Waals surface area contributed by atoms with E-state index in [1.165, 1.54) is 24.3 Å². The number of amides is 2. The molecule has 1 heterocycles. The number of piperidine rings is 1. The first-order valence-electron chi connectivity index (χ1n) is 9.15. The number of halogens is 3. The molecule has 1 atom stereocenters. The van der Waals surface area contributed by atoms with Gasteiger partial charge in [0.15, 0.2) is 0 Å². The van der Waals surface area contributed by atoms with Crippen LogP contribution in [0, 0.1) is 23.4 Å². The second-order valence-electron chi connectivity index (χ2n) is 6.97. The molecule has 0 radical (unpaired) electrons. The number of hydrogen-bond acceptors (Lipinski definition) is 2. The smallest absolute Gasteiger partial charge is 0.253 e. The Morgan fingerprint density at radius 3 is 2.25 bits per heavy atom. The van der Waals surface area contributed by atoms with Crippen molar-refractivity contribution in [1.82, 2.24) is 10.2 Å². The third kappa shape index (κ3) is 4.52. The molecule has 1 unspecified atom stereocenters. The average molecular weight is 390 g/mol. The second kappa shape index (κ2) is 8.46. The van der Waals surface area contributed by atoms with Crippen molar-refractivity contribution in [3.8, 4) is 0 Å². The first kappa shape index (κ1) is 19.9. The maximum absolute atomic E-state index is 13.9. The molecule has 0 spiro atoms. The van der Waals surface area contributed by atoms with Crippen LogP contribution < -0.4 is 5.32 Å². The maximum Gasteiger partial charge on any atom is 0.253 e. The van der Waals surface area contributed by atoms with Crippen LogP contribution in [0.3, 0.4) is 0 Å². The summed E-state index contributed by atoms with van der Waals surface area (Å²) in [7, 11) is 0. The summed E-state index contributed by atoms with van der Waals surface area (Å²) in [6.45, 7) is 2.40. The molecule has 2 amide bonds. The Morgan fingerprint density at radius 2 is 1.61 bits per heavy atom. The summed E-state index contributed by atoms with van der Waals surface area (Å²) >= 11 is 0. The number of benzene rings is 2. The third-order valence-electron chi connectivity index (χ3n) is 5.03. The van der Waals surface area contributed by atoms with Crippen LogP contribution in [0.25, 0.3) is 0 Å². The van der Waals surface area contributed by atoms with Gasteiger partial charge < -0.3 is 10.2 Å². The lowest BCUT2D eigenvalue weighted by atomic mass is 9.94. The van der Waals surface area contributed by atoms with Gasteiger partial charge in [0.05, 0.1) is 6.04 Å². The largest absolute Gasteiger partial charge is 0.349 e. The third-order valence-corrected chi connectivity index (χ3v) is 5.03. The van der Waals surface area contributed by atoms with E-state index in [1.807, 2.05) is 0 Å². The average Bonchev–Trinajstić information content (AvgIpc) is 2.70. The summed E-state index contributed by atoms with van der Waals surface area (Å²) in [5, 5.41) is 2.73. The molecule has 1 N–H and O–H groups in total. The van der Waals surface area contributed by atoms with E-state index in [0.29, 0.717) is 31.5 Å². The van der Waals surface area contributed by atoms with Gasteiger partial charge >= 0.3 is 0 Å². The highest BCUT2D eigenvalue weighted by molar-refractivity contribution is 5.94. The fraction of sp³-hybridized carbons (Fsp3) is 0.333. The molecule has 1 saturated heterocycles. The van der Waals surface area contributed by atoms with Gasteiger partial charge in [-0.05, 0) is 62.2 Å². The van der Waals surface area contributed by atoms with Crippen molar-refractivity contribution in [2.75, 3.05) is 13.1 Å². The Hall–Kier alpha value is -2.83. The van der Waals surface area contributed by atoms with Crippen LogP contribution in [-0.2, 0) is 4.79 Å². The summed E-state index contributed by atoms with van der Waals surface area (Å²) < 4.78 is 40.2. The fourth-order valence-electron chi connectivity index (χ4n) is 3.38. The number of hydrogen-bond donors (Lipinski definition) is 1. The van der Waals surface area contributed by atoms with Crippen LogP contribution in [0.4, 0.5) is 13.2 Å². The fourth-order valence-corrected chi connectivity index (χ4v) is 3.38. The van der Waals surface area contributed by atoms with E-state index in [1.54, 1.807) is 11.8 Å². The topological polar surface area (TPSA) is 49.4 Å². The van der Waals surface area contributed by atoms with Crippen LogP contribution in [0.2, 0.25) is 0 Å². The van der Waals surface area contributed by atoms with Crippen molar-refractivity contribution >= 4 is 11.8 Å². The lowest BCUT2D eigenvalue weighted by Gasteiger charge is -2.32. The lowest BCUT2D eigenvalue weighted by Crippen LogP contribution is -2.43. The number of nitrogens with zero attached hydrogens (tertiary/aromatic N) is 1. The molecule has 7 heteroatoms. The highest BCUT2D eigenvalue weighted by Gasteiger charge is 2.29. The van der Waals surface area contributed by atoms with Gasteiger partial charge in [-0.2, -0.15) is 0 Å². The molecule has 1 fully saturated rings. The van der Waals surface area contributed by atoms with Gasteiger partial charge in [0, 0.05) is 30.1 Å². The van der Waals surface area contributed by atoms with Gasteiger partial charge in [0.25, 0.3) is 5.91 Å². The van der Waals surface area contributed by atoms with Gasteiger partial charge in [-0.15, -0.1) is 0 Å². The molecule has 0 bridgehead atoms. The predicted molar refractivity (Wildman–Crippen MR) is 97.9 cm³/mol. The van der Waals surface area contributed by atoms with E-state index >= 15 is 0 Å². The van der Waals surface area contributed by atoms with E-state index in [2.05, 4.69) is 5.32 Å². The Balaban J connectivity index is 1.55. The normalized spacial score (nSPS) is 15.9. The minimum Gasteiger partial charge on any atom is -0.349 e. The van der Waals surface area contributed by atoms with Gasteiger partial charge in [-0.1, -0.05) is 0 Å². The molecule has 4 nitrogen and oxygen atoms in total. The van der Waals surface area contributed by atoms with Crippen LogP contribution in [0.15, 0.2) is 42.5 Å². The SMILES string of the molecule is CC(NC(=O)C1CCN(C(=O)c2ccc(F)cc2)CC1)c1cc(F)ccc1F.